The van der Waals surface area contributed by atoms with Crippen molar-refractivity contribution in [3.05, 3.63) is 35.9 Å². The highest BCUT2D eigenvalue weighted by molar-refractivity contribution is 5.87. The van der Waals surface area contributed by atoms with Crippen molar-refractivity contribution >= 4 is 17.8 Å². The number of carbonyl (C=O) groups excluding carboxylic acids is 3. The quantitative estimate of drug-likeness (QED) is 0.671. The van der Waals surface area contributed by atoms with Crippen LogP contribution in [-0.2, 0) is 25.5 Å². The summed E-state index contributed by atoms with van der Waals surface area (Å²) in [5.41, 5.74) is 0.872. The third kappa shape index (κ3) is 6.98. The fraction of sp³-hybridized carbons (Fsp3) is 0.591. The van der Waals surface area contributed by atoms with Crippen LogP contribution in [0.3, 0.4) is 0 Å². The normalized spacial score (nSPS) is 20.3. The number of hydrogen-bond acceptors (Lipinski definition) is 4. The summed E-state index contributed by atoms with van der Waals surface area (Å²) in [5.74, 6) is -0.821. The molecule has 2 N–H and O–H groups in total. The molecule has 1 saturated carbocycles. The zero-order valence-electron chi connectivity index (χ0n) is 17.1. The van der Waals surface area contributed by atoms with Crippen LogP contribution in [-0.4, -0.2) is 36.5 Å². The molecular weight excluding hydrogens is 356 g/mol. The van der Waals surface area contributed by atoms with Crippen LogP contribution >= 0.6 is 0 Å². The number of rotatable bonds is 8. The summed E-state index contributed by atoms with van der Waals surface area (Å²) < 4.78 is 5.19. The smallest absolute Gasteiger partial charge is 0.329 e. The highest BCUT2D eigenvalue weighted by Gasteiger charge is 2.27. The van der Waals surface area contributed by atoms with Gasteiger partial charge in [0, 0.05) is 6.04 Å². The van der Waals surface area contributed by atoms with Crippen molar-refractivity contribution in [2.75, 3.05) is 6.61 Å². The fourth-order valence-electron chi connectivity index (χ4n) is 3.51. The lowest BCUT2D eigenvalue weighted by Crippen LogP contribution is -2.47. The number of esters is 1. The zero-order valence-corrected chi connectivity index (χ0v) is 17.1. The van der Waals surface area contributed by atoms with Crippen molar-refractivity contribution in [2.24, 2.45) is 11.8 Å². The summed E-state index contributed by atoms with van der Waals surface area (Å²) in [6.45, 7) is 5.48. The first-order chi connectivity index (χ1) is 13.4. The van der Waals surface area contributed by atoms with E-state index in [9.17, 15) is 14.4 Å². The molecule has 0 saturated heterocycles. The van der Waals surface area contributed by atoms with E-state index in [4.69, 9.17) is 4.74 Å². The molecule has 0 spiro atoms. The van der Waals surface area contributed by atoms with Crippen molar-refractivity contribution in [3.63, 3.8) is 0 Å². The van der Waals surface area contributed by atoms with Gasteiger partial charge in [-0.1, -0.05) is 63.9 Å². The molecule has 28 heavy (non-hydrogen) atoms. The summed E-state index contributed by atoms with van der Waals surface area (Å²) in [4.78, 5) is 36.8. The van der Waals surface area contributed by atoms with E-state index in [-0.39, 0.29) is 36.8 Å². The molecule has 2 amide bonds. The van der Waals surface area contributed by atoms with Crippen molar-refractivity contribution in [2.45, 2.75) is 65.0 Å². The predicted octanol–water partition coefficient (Wildman–Crippen LogP) is 2.61. The molecule has 6 heteroatoms. The van der Waals surface area contributed by atoms with Gasteiger partial charge in [-0.25, -0.2) is 4.79 Å². The van der Waals surface area contributed by atoms with Crippen LogP contribution < -0.4 is 10.6 Å². The number of ether oxygens (including phenoxy) is 1. The van der Waals surface area contributed by atoms with Gasteiger partial charge in [0.25, 0.3) is 5.91 Å². The van der Waals surface area contributed by atoms with Crippen LogP contribution in [0.1, 0.15) is 52.0 Å². The summed E-state index contributed by atoms with van der Waals surface area (Å²) in [7, 11) is 0. The monoisotopic (exact) mass is 388 g/mol. The third-order valence-corrected chi connectivity index (χ3v) is 5.25. The fourth-order valence-corrected chi connectivity index (χ4v) is 3.51. The molecule has 1 aromatic rings. The van der Waals surface area contributed by atoms with E-state index in [1.54, 1.807) is 0 Å². The van der Waals surface area contributed by atoms with Gasteiger partial charge in [0.2, 0.25) is 5.91 Å². The van der Waals surface area contributed by atoms with E-state index in [0.717, 1.165) is 24.8 Å². The maximum absolute atomic E-state index is 12.4. The van der Waals surface area contributed by atoms with Gasteiger partial charge in [-0.2, -0.15) is 0 Å². The number of amides is 2. The molecule has 3 atom stereocenters. The second kappa shape index (κ2) is 10.8. The Morgan fingerprint density at radius 1 is 1.07 bits per heavy atom. The molecule has 0 bridgehead atoms. The van der Waals surface area contributed by atoms with Crippen molar-refractivity contribution in [3.8, 4) is 0 Å². The summed E-state index contributed by atoms with van der Waals surface area (Å²) in [6, 6.07) is 8.70. The SMILES string of the molecule is CC(C)[C@H](NC(=O)Cc1ccccc1)C(=O)OCC(=O)N[C@H]1CCCC[C@H]1C. The van der Waals surface area contributed by atoms with Crippen LogP contribution in [0, 0.1) is 11.8 Å². The Hall–Kier alpha value is -2.37. The zero-order chi connectivity index (χ0) is 20.5. The first kappa shape index (κ1) is 21.9. The molecule has 6 nitrogen and oxygen atoms in total. The molecule has 1 fully saturated rings. The summed E-state index contributed by atoms with van der Waals surface area (Å²) in [6.07, 6.45) is 4.56. The van der Waals surface area contributed by atoms with E-state index in [1.807, 2.05) is 44.2 Å². The number of hydrogen-bond donors (Lipinski definition) is 2. The van der Waals surface area contributed by atoms with Gasteiger partial charge in [-0.05, 0) is 30.2 Å². The van der Waals surface area contributed by atoms with E-state index in [1.165, 1.54) is 6.42 Å². The Kier molecular flexibility index (Phi) is 8.48. The van der Waals surface area contributed by atoms with Crippen LogP contribution in [0.15, 0.2) is 30.3 Å². The minimum atomic E-state index is -0.780. The molecule has 1 aliphatic carbocycles. The maximum Gasteiger partial charge on any atom is 0.329 e. The second-order valence-corrected chi connectivity index (χ2v) is 8.00. The van der Waals surface area contributed by atoms with E-state index in [2.05, 4.69) is 17.6 Å². The Bertz CT molecular complexity index is 660. The van der Waals surface area contributed by atoms with Crippen LogP contribution in [0.4, 0.5) is 0 Å². The topological polar surface area (TPSA) is 84.5 Å². The van der Waals surface area contributed by atoms with Crippen molar-refractivity contribution in [1.82, 2.24) is 10.6 Å². The number of benzene rings is 1. The Morgan fingerprint density at radius 3 is 2.39 bits per heavy atom. The van der Waals surface area contributed by atoms with E-state index in [0.29, 0.717) is 5.92 Å². The lowest BCUT2D eigenvalue weighted by Gasteiger charge is -2.29. The molecular formula is C22H32N2O4. The van der Waals surface area contributed by atoms with Gasteiger partial charge in [-0.3, -0.25) is 9.59 Å². The largest absolute Gasteiger partial charge is 0.454 e. The molecule has 0 aromatic heterocycles. The molecule has 0 radical (unpaired) electrons. The van der Waals surface area contributed by atoms with Gasteiger partial charge >= 0.3 is 5.97 Å². The van der Waals surface area contributed by atoms with Crippen LogP contribution in [0.2, 0.25) is 0 Å². The molecule has 1 aromatic carbocycles. The second-order valence-electron chi connectivity index (χ2n) is 8.00. The third-order valence-electron chi connectivity index (χ3n) is 5.25. The molecule has 2 rings (SSSR count). The van der Waals surface area contributed by atoms with E-state index < -0.39 is 12.0 Å². The number of carbonyl (C=O) groups is 3. The Labute approximate surface area is 167 Å². The lowest BCUT2D eigenvalue weighted by molar-refractivity contribution is -0.153. The van der Waals surface area contributed by atoms with Gasteiger partial charge < -0.3 is 15.4 Å². The first-order valence-electron chi connectivity index (χ1n) is 10.2. The molecule has 1 aliphatic rings. The summed E-state index contributed by atoms with van der Waals surface area (Å²) >= 11 is 0. The molecule has 0 aliphatic heterocycles. The lowest BCUT2D eigenvalue weighted by atomic mass is 9.86. The van der Waals surface area contributed by atoms with Gasteiger partial charge in [0.1, 0.15) is 6.04 Å². The summed E-state index contributed by atoms with van der Waals surface area (Å²) in [5, 5.41) is 5.69. The Morgan fingerprint density at radius 2 is 1.75 bits per heavy atom. The van der Waals surface area contributed by atoms with Crippen LogP contribution in [0.5, 0.6) is 0 Å². The van der Waals surface area contributed by atoms with Gasteiger partial charge in [-0.15, -0.1) is 0 Å². The predicted molar refractivity (Wildman–Crippen MR) is 107 cm³/mol. The highest BCUT2D eigenvalue weighted by Crippen LogP contribution is 2.23. The Balaban J connectivity index is 1.81. The highest BCUT2D eigenvalue weighted by atomic mass is 16.5. The standard InChI is InChI=1S/C22H32N2O4/c1-15(2)21(24-19(25)13-17-10-5-4-6-11-17)22(27)28-14-20(26)23-18-12-8-7-9-16(18)3/h4-6,10-11,15-16,18,21H,7-9,12-14H2,1-3H3,(H,23,26)(H,24,25)/t16-,18+,21+/m1/s1. The van der Waals surface area contributed by atoms with E-state index >= 15 is 0 Å². The molecule has 0 heterocycles. The van der Waals surface area contributed by atoms with Gasteiger partial charge in [0.05, 0.1) is 6.42 Å². The maximum atomic E-state index is 12.4. The average Bonchev–Trinajstić information content (AvgIpc) is 2.66. The van der Waals surface area contributed by atoms with Crippen molar-refractivity contribution < 1.29 is 19.1 Å². The molecule has 154 valence electrons. The minimum Gasteiger partial charge on any atom is -0.454 e. The number of nitrogens with one attached hydrogen (secondary N) is 2. The average molecular weight is 389 g/mol. The van der Waals surface area contributed by atoms with Gasteiger partial charge in [0.15, 0.2) is 6.61 Å². The van der Waals surface area contributed by atoms with Crippen molar-refractivity contribution in [1.29, 1.82) is 0 Å². The first-order valence-corrected chi connectivity index (χ1v) is 10.2. The van der Waals surface area contributed by atoms with Crippen LogP contribution in [0.25, 0.3) is 0 Å². The molecule has 0 unspecified atom stereocenters. The minimum absolute atomic E-state index is 0.145.